The van der Waals surface area contributed by atoms with Gasteiger partial charge < -0.3 is 5.32 Å². The van der Waals surface area contributed by atoms with Crippen LogP contribution in [0.4, 0.5) is 0 Å². The van der Waals surface area contributed by atoms with Crippen LogP contribution in [-0.2, 0) is 16.6 Å². The second kappa shape index (κ2) is 9.50. The highest BCUT2D eigenvalue weighted by Crippen LogP contribution is 2.15. The van der Waals surface area contributed by atoms with Gasteiger partial charge in [0.2, 0.25) is 10.0 Å². The lowest BCUT2D eigenvalue weighted by Gasteiger charge is -2.19. The molecule has 0 aromatic carbocycles. The van der Waals surface area contributed by atoms with Gasteiger partial charge >= 0.3 is 0 Å². The SMILES string of the molecule is CCCNCCCCS(=O)(=O)N(CC)Cc1cccs1. The van der Waals surface area contributed by atoms with Gasteiger partial charge in [0.05, 0.1) is 5.75 Å². The molecule has 1 rings (SSSR count). The summed E-state index contributed by atoms with van der Waals surface area (Å²) in [7, 11) is -3.13. The molecule has 1 aromatic heterocycles. The molecule has 0 bridgehead atoms. The van der Waals surface area contributed by atoms with Crippen LogP contribution in [0.15, 0.2) is 17.5 Å². The van der Waals surface area contributed by atoms with Crippen molar-refractivity contribution in [2.75, 3.05) is 25.4 Å². The van der Waals surface area contributed by atoms with Gasteiger partial charge in [0, 0.05) is 18.0 Å². The Morgan fingerprint density at radius 1 is 1.25 bits per heavy atom. The van der Waals surface area contributed by atoms with Crippen molar-refractivity contribution in [2.45, 2.75) is 39.7 Å². The fourth-order valence-corrected chi connectivity index (χ4v) is 4.31. The summed E-state index contributed by atoms with van der Waals surface area (Å²) >= 11 is 1.60. The topological polar surface area (TPSA) is 49.4 Å². The zero-order chi connectivity index (χ0) is 14.8. The zero-order valence-electron chi connectivity index (χ0n) is 12.5. The Kier molecular flexibility index (Phi) is 8.37. The standard InChI is InChI=1S/C14H26N2O2S2/c1-3-9-15-10-5-6-12-20(17,18)16(4-2)13-14-8-7-11-19-14/h7-8,11,15H,3-6,9-10,12-13H2,1-2H3. The van der Waals surface area contributed by atoms with Crippen LogP contribution in [0.1, 0.15) is 38.0 Å². The first kappa shape index (κ1) is 17.6. The molecule has 0 fully saturated rings. The van der Waals surface area contributed by atoms with E-state index in [2.05, 4.69) is 12.2 Å². The number of nitrogens with zero attached hydrogens (tertiary/aromatic N) is 1. The van der Waals surface area contributed by atoms with Gasteiger partial charge in [-0.15, -0.1) is 11.3 Å². The number of thiophene rings is 1. The molecule has 0 radical (unpaired) electrons. The van der Waals surface area contributed by atoms with E-state index in [-0.39, 0.29) is 5.75 Å². The first-order valence-electron chi connectivity index (χ1n) is 7.31. The molecule has 6 heteroatoms. The maximum atomic E-state index is 12.3. The van der Waals surface area contributed by atoms with Gasteiger partial charge in [-0.25, -0.2) is 8.42 Å². The van der Waals surface area contributed by atoms with Crippen molar-refractivity contribution in [3.05, 3.63) is 22.4 Å². The lowest BCUT2D eigenvalue weighted by Crippen LogP contribution is -2.32. The third kappa shape index (κ3) is 6.35. The second-order valence-electron chi connectivity index (χ2n) is 4.78. The van der Waals surface area contributed by atoms with Crippen LogP contribution in [0.5, 0.6) is 0 Å². The molecule has 0 aliphatic heterocycles. The number of unbranched alkanes of at least 4 members (excludes halogenated alkanes) is 1. The first-order valence-corrected chi connectivity index (χ1v) is 9.80. The van der Waals surface area contributed by atoms with Crippen molar-refractivity contribution >= 4 is 21.4 Å². The normalized spacial score (nSPS) is 12.2. The summed E-state index contributed by atoms with van der Waals surface area (Å²) < 4.78 is 26.2. The van der Waals surface area contributed by atoms with Crippen molar-refractivity contribution in [1.82, 2.24) is 9.62 Å². The molecule has 4 nitrogen and oxygen atoms in total. The highest BCUT2D eigenvalue weighted by atomic mass is 32.2. The van der Waals surface area contributed by atoms with Crippen LogP contribution >= 0.6 is 11.3 Å². The van der Waals surface area contributed by atoms with Gasteiger partial charge in [0.25, 0.3) is 0 Å². The zero-order valence-corrected chi connectivity index (χ0v) is 14.1. The largest absolute Gasteiger partial charge is 0.317 e. The summed E-state index contributed by atoms with van der Waals surface area (Å²) in [5.74, 6) is 0.250. The van der Waals surface area contributed by atoms with Crippen LogP contribution in [0.3, 0.4) is 0 Å². The van der Waals surface area contributed by atoms with E-state index in [1.54, 1.807) is 15.6 Å². The highest BCUT2D eigenvalue weighted by Gasteiger charge is 2.20. The molecule has 0 aliphatic rings. The van der Waals surface area contributed by atoms with E-state index in [9.17, 15) is 8.42 Å². The van der Waals surface area contributed by atoms with Gasteiger partial charge in [-0.1, -0.05) is 19.9 Å². The molecule has 20 heavy (non-hydrogen) atoms. The van der Waals surface area contributed by atoms with Crippen LogP contribution in [-0.4, -0.2) is 38.1 Å². The fraction of sp³-hybridized carbons (Fsp3) is 0.714. The predicted molar refractivity (Wildman–Crippen MR) is 86.6 cm³/mol. The van der Waals surface area contributed by atoms with Crippen molar-refractivity contribution in [2.24, 2.45) is 0 Å². The molecular formula is C14H26N2O2S2. The minimum Gasteiger partial charge on any atom is -0.317 e. The van der Waals surface area contributed by atoms with E-state index >= 15 is 0 Å². The van der Waals surface area contributed by atoms with Crippen molar-refractivity contribution in [3.63, 3.8) is 0 Å². The van der Waals surface area contributed by atoms with Crippen LogP contribution in [0.2, 0.25) is 0 Å². The minimum absolute atomic E-state index is 0.250. The monoisotopic (exact) mass is 318 g/mol. The average molecular weight is 319 g/mol. The molecule has 0 spiro atoms. The molecule has 0 unspecified atom stereocenters. The lowest BCUT2D eigenvalue weighted by atomic mass is 10.3. The molecule has 1 heterocycles. The number of hydrogen-bond acceptors (Lipinski definition) is 4. The summed E-state index contributed by atoms with van der Waals surface area (Å²) in [6.45, 7) is 6.97. The maximum Gasteiger partial charge on any atom is 0.214 e. The van der Waals surface area contributed by atoms with Crippen LogP contribution in [0, 0.1) is 0 Å². The molecule has 0 saturated heterocycles. The predicted octanol–water partition coefficient (Wildman–Crippen LogP) is 2.68. The average Bonchev–Trinajstić information content (AvgIpc) is 2.92. The molecule has 0 atom stereocenters. The van der Waals surface area contributed by atoms with Crippen molar-refractivity contribution in [1.29, 1.82) is 0 Å². The Morgan fingerprint density at radius 2 is 2.05 bits per heavy atom. The molecule has 0 aliphatic carbocycles. The van der Waals surface area contributed by atoms with Gasteiger partial charge in [-0.05, 0) is 43.8 Å². The van der Waals surface area contributed by atoms with E-state index in [4.69, 9.17) is 0 Å². The Balaban J connectivity index is 2.36. The Bertz CT molecular complexity index is 444. The van der Waals surface area contributed by atoms with Crippen molar-refractivity contribution in [3.8, 4) is 0 Å². The molecule has 0 saturated carbocycles. The number of nitrogens with one attached hydrogen (secondary N) is 1. The van der Waals surface area contributed by atoms with Crippen LogP contribution < -0.4 is 5.32 Å². The smallest absolute Gasteiger partial charge is 0.214 e. The first-order chi connectivity index (χ1) is 9.60. The minimum atomic E-state index is -3.13. The Labute approximate surface area is 127 Å². The summed E-state index contributed by atoms with van der Waals surface area (Å²) in [5, 5.41) is 5.28. The van der Waals surface area contributed by atoms with E-state index < -0.39 is 10.0 Å². The van der Waals surface area contributed by atoms with E-state index in [0.29, 0.717) is 13.1 Å². The summed E-state index contributed by atoms with van der Waals surface area (Å²) in [5.41, 5.74) is 0. The lowest BCUT2D eigenvalue weighted by molar-refractivity contribution is 0.424. The number of hydrogen-bond donors (Lipinski definition) is 1. The van der Waals surface area contributed by atoms with Gasteiger partial charge in [-0.2, -0.15) is 4.31 Å². The Hall–Kier alpha value is -0.430. The maximum absolute atomic E-state index is 12.3. The number of rotatable bonds is 11. The second-order valence-corrected chi connectivity index (χ2v) is 7.90. The third-order valence-corrected chi connectivity index (χ3v) is 5.93. The number of sulfonamides is 1. The van der Waals surface area contributed by atoms with Gasteiger partial charge in [0.15, 0.2) is 0 Å². The van der Waals surface area contributed by atoms with Crippen molar-refractivity contribution < 1.29 is 8.42 Å². The van der Waals surface area contributed by atoms with E-state index in [1.807, 2.05) is 24.4 Å². The Morgan fingerprint density at radius 3 is 2.65 bits per heavy atom. The molecule has 0 amide bonds. The van der Waals surface area contributed by atoms with E-state index in [1.165, 1.54) is 0 Å². The molecule has 1 aromatic rings. The third-order valence-electron chi connectivity index (χ3n) is 3.09. The van der Waals surface area contributed by atoms with E-state index in [0.717, 1.165) is 37.2 Å². The molecule has 116 valence electrons. The summed E-state index contributed by atoms with van der Waals surface area (Å²) in [6.07, 6.45) is 2.75. The fourth-order valence-electron chi connectivity index (χ4n) is 1.95. The quantitative estimate of drug-likeness (QED) is 0.638. The molecule has 1 N–H and O–H groups in total. The highest BCUT2D eigenvalue weighted by molar-refractivity contribution is 7.89. The summed E-state index contributed by atoms with van der Waals surface area (Å²) in [4.78, 5) is 1.10. The van der Waals surface area contributed by atoms with Gasteiger partial charge in [0.1, 0.15) is 0 Å². The molecular weight excluding hydrogens is 292 g/mol. The van der Waals surface area contributed by atoms with Gasteiger partial charge in [-0.3, -0.25) is 0 Å². The summed E-state index contributed by atoms with van der Waals surface area (Å²) in [6, 6.07) is 3.94. The van der Waals surface area contributed by atoms with Crippen LogP contribution in [0.25, 0.3) is 0 Å².